The Morgan fingerprint density at radius 3 is 2.19 bits per heavy atom. The fourth-order valence-corrected chi connectivity index (χ4v) is 3.28. The third kappa shape index (κ3) is 2.46. The van der Waals surface area contributed by atoms with Gasteiger partial charge in [-0.2, -0.15) is 0 Å². The third-order valence-corrected chi connectivity index (χ3v) is 4.35. The van der Waals surface area contributed by atoms with Crippen molar-refractivity contribution in [3.8, 4) is 5.75 Å². The molecule has 1 N–H and O–H groups in total. The van der Waals surface area contributed by atoms with Crippen molar-refractivity contribution in [2.45, 2.75) is 53.4 Å². The summed E-state index contributed by atoms with van der Waals surface area (Å²) in [6.07, 6.45) is 3.25. The molecule has 2 aromatic rings. The second-order valence-corrected chi connectivity index (χ2v) is 5.41. The lowest BCUT2D eigenvalue weighted by molar-refractivity contribution is 0.474. The second kappa shape index (κ2) is 6.34. The van der Waals surface area contributed by atoms with Crippen LogP contribution in [0.3, 0.4) is 0 Å². The molecule has 0 heterocycles. The normalized spacial score (nSPS) is 11.0. The Morgan fingerprint density at radius 1 is 1.00 bits per heavy atom. The summed E-state index contributed by atoms with van der Waals surface area (Å²) < 4.78 is 0. The highest BCUT2D eigenvalue weighted by Crippen LogP contribution is 2.41. The van der Waals surface area contributed by atoms with Gasteiger partial charge >= 0.3 is 0 Å². The zero-order valence-electron chi connectivity index (χ0n) is 13.5. The highest BCUT2D eigenvalue weighted by molar-refractivity contribution is 6.01. The SMILES string of the molecule is [C]=C(CC)c1c(CC)c(CC)c(O)c2c(CC)cccc12. The van der Waals surface area contributed by atoms with Crippen molar-refractivity contribution in [3.05, 3.63) is 47.0 Å². The number of aromatic hydroxyl groups is 1. The molecule has 1 heteroatoms. The molecule has 0 saturated heterocycles. The number of fused-ring (bicyclic) bond motifs is 1. The fraction of sp³-hybridized carbons (Fsp3) is 0.400. The minimum Gasteiger partial charge on any atom is -0.507 e. The van der Waals surface area contributed by atoms with Crippen LogP contribution in [0.5, 0.6) is 5.75 Å². The first-order chi connectivity index (χ1) is 10.1. The fourth-order valence-electron chi connectivity index (χ4n) is 3.28. The molecule has 2 aromatic carbocycles. The molecule has 0 aromatic heterocycles. The van der Waals surface area contributed by atoms with Gasteiger partial charge in [0.25, 0.3) is 0 Å². The number of hydrogen-bond donors (Lipinski definition) is 1. The molecule has 0 aliphatic rings. The summed E-state index contributed by atoms with van der Waals surface area (Å²) in [6, 6.07) is 6.16. The van der Waals surface area contributed by atoms with Gasteiger partial charge in [-0.3, -0.25) is 0 Å². The quantitative estimate of drug-likeness (QED) is 0.784. The van der Waals surface area contributed by atoms with Crippen molar-refractivity contribution in [3.63, 3.8) is 0 Å². The largest absolute Gasteiger partial charge is 0.507 e. The Bertz CT molecular complexity index is 680. The van der Waals surface area contributed by atoms with Crippen LogP contribution in [-0.4, -0.2) is 5.11 Å². The van der Waals surface area contributed by atoms with E-state index in [1.165, 1.54) is 0 Å². The average Bonchev–Trinajstić information content (AvgIpc) is 2.52. The van der Waals surface area contributed by atoms with Gasteiger partial charge in [-0.15, -0.1) is 0 Å². The Balaban J connectivity index is 3.03. The summed E-state index contributed by atoms with van der Waals surface area (Å²) >= 11 is 0. The summed E-state index contributed by atoms with van der Waals surface area (Å²) in [5.74, 6) is 0.425. The molecular weight excluding hydrogens is 256 g/mol. The summed E-state index contributed by atoms with van der Waals surface area (Å²) in [4.78, 5) is 0. The molecule has 21 heavy (non-hydrogen) atoms. The van der Waals surface area contributed by atoms with Crippen LogP contribution in [0.2, 0.25) is 0 Å². The van der Waals surface area contributed by atoms with Crippen molar-refractivity contribution in [2.24, 2.45) is 0 Å². The second-order valence-electron chi connectivity index (χ2n) is 5.41. The molecule has 0 atom stereocenters. The van der Waals surface area contributed by atoms with Crippen molar-refractivity contribution in [1.82, 2.24) is 0 Å². The smallest absolute Gasteiger partial charge is 0.127 e. The molecule has 0 amide bonds. The number of phenols is 1. The van der Waals surface area contributed by atoms with Gasteiger partial charge in [0, 0.05) is 5.39 Å². The molecule has 0 fully saturated rings. The van der Waals surface area contributed by atoms with Crippen molar-refractivity contribution in [1.29, 1.82) is 0 Å². The molecule has 0 aliphatic heterocycles. The van der Waals surface area contributed by atoms with E-state index in [0.29, 0.717) is 17.7 Å². The van der Waals surface area contributed by atoms with Crippen LogP contribution in [-0.2, 0) is 19.3 Å². The van der Waals surface area contributed by atoms with Crippen LogP contribution in [0.25, 0.3) is 16.3 Å². The van der Waals surface area contributed by atoms with E-state index in [4.69, 9.17) is 6.58 Å². The van der Waals surface area contributed by atoms with Gasteiger partial charge in [-0.1, -0.05) is 45.9 Å². The molecule has 2 radical (unpaired) electrons. The number of phenolic OH excluding ortho intramolecular Hbond substituents is 1. The molecule has 1 nitrogen and oxygen atoms in total. The molecule has 0 unspecified atom stereocenters. The van der Waals surface area contributed by atoms with Crippen molar-refractivity contribution >= 4 is 16.3 Å². The standard InChI is InChI=1S/C20H24O/c1-6-13(5)18-15(8-3)16(9-4)20(21)19-14(7-2)11-10-12-17(18)19/h10-12,21H,6-9H2,1-4H3. The van der Waals surface area contributed by atoms with Gasteiger partial charge in [-0.25, -0.2) is 0 Å². The number of allylic oxidation sites excluding steroid dienone is 1. The minimum atomic E-state index is 0.425. The summed E-state index contributed by atoms with van der Waals surface area (Å²) in [5.41, 5.74) is 5.02. The average molecular weight is 280 g/mol. The summed E-state index contributed by atoms with van der Waals surface area (Å²) in [6.45, 7) is 16.7. The molecule has 110 valence electrons. The van der Waals surface area contributed by atoms with E-state index in [9.17, 15) is 5.11 Å². The van der Waals surface area contributed by atoms with Crippen LogP contribution < -0.4 is 0 Å². The Hall–Kier alpha value is -1.76. The Labute approximate surface area is 128 Å². The Kier molecular flexibility index (Phi) is 4.72. The molecule has 0 spiro atoms. The number of aryl methyl sites for hydroxylation is 1. The molecule has 0 saturated carbocycles. The van der Waals surface area contributed by atoms with E-state index in [1.807, 2.05) is 19.1 Å². The highest BCUT2D eigenvalue weighted by Gasteiger charge is 2.19. The van der Waals surface area contributed by atoms with E-state index in [0.717, 1.165) is 52.3 Å². The topological polar surface area (TPSA) is 20.2 Å². The zero-order valence-corrected chi connectivity index (χ0v) is 13.5. The lowest BCUT2D eigenvalue weighted by Crippen LogP contribution is -2.02. The van der Waals surface area contributed by atoms with Gasteiger partial charge in [0.2, 0.25) is 0 Å². The van der Waals surface area contributed by atoms with E-state index >= 15 is 0 Å². The summed E-state index contributed by atoms with van der Waals surface area (Å²) in [7, 11) is 0. The predicted octanol–water partition coefficient (Wildman–Crippen LogP) is 5.34. The maximum absolute atomic E-state index is 10.8. The first-order valence-electron chi connectivity index (χ1n) is 7.96. The van der Waals surface area contributed by atoms with Crippen LogP contribution >= 0.6 is 0 Å². The van der Waals surface area contributed by atoms with E-state index in [1.54, 1.807) is 0 Å². The maximum Gasteiger partial charge on any atom is 0.127 e. The van der Waals surface area contributed by atoms with Crippen molar-refractivity contribution < 1.29 is 5.11 Å². The summed E-state index contributed by atoms with van der Waals surface area (Å²) in [5, 5.41) is 12.8. The Morgan fingerprint density at radius 2 is 1.67 bits per heavy atom. The lowest BCUT2D eigenvalue weighted by atomic mass is 9.84. The molecule has 2 rings (SSSR count). The zero-order chi connectivity index (χ0) is 15.6. The van der Waals surface area contributed by atoms with E-state index < -0.39 is 0 Å². The molecule has 0 bridgehead atoms. The van der Waals surface area contributed by atoms with Gasteiger partial charge in [0.15, 0.2) is 0 Å². The van der Waals surface area contributed by atoms with Crippen LogP contribution in [0, 0.1) is 6.58 Å². The highest BCUT2D eigenvalue weighted by atomic mass is 16.3. The monoisotopic (exact) mass is 280 g/mol. The minimum absolute atomic E-state index is 0.425. The van der Waals surface area contributed by atoms with Crippen LogP contribution in [0.4, 0.5) is 0 Å². The number of benzene rings is 2. The number of rotatable bonds is 5. The third-order valence-electron chi connectivity index (χ3n) is 4.35. The van der Waals surface area contributed by atoms with Gasteiger partial charge in [-0.05, 0) is 65.5 Å². The first-order valence-corrected chi connectivity index (χ1v) is 7.96. The van der Waals surface area contributed by atoms with Gasteiger partial charge in [0.05, 0.1) is 0 Å². The molecular formula is C20H24O. The van der Waals surface area contributed by atoms with Gasteiger partial charge < -0.3 is 5.11 Å². The van der Waals surface area contributed by atoms with Crippen LogP contribution in [0.15, 0.2) is 18.2 Å². The maximum atomic E-state index is 10.8. The number of hydrogen-bond acceptors (Lipinski definition) is 1. The van der Waals surface area contributed by atoms with Gasteiger partial charge in [0.1, 0.15) is 5.75 Å². The lowest BCUT2D eigenvalue weighted by Gasteiger charge is -2.21. The molecule has 0 aliphatic carbocycles. The van der Waals surface area contributed by atoms with Crippen molar-refractivity contribution in [2.75, 3.05) is 0 Å². The first kappa shape index (κ1) is 15.6. The predicted molar refractivity (Wildman–Crippen MR) is 90.7 cm³/mol. The van der Waals surface area contributed by atoms with Crippen LogP contribution in [0.1, 0.15) is 56.4 Å². The van der Waals surface area contributed by atoms with E-state index in [-0.39, 0.29) is 0 Å². The van der Waals surface area contributed by atoms with E-state index in [2.05, 4.69) is 26.8 Å².